The summed E-state index contributed by atoms with van der Waals surface area (Å²) < 4.78 is 6.88. The molecule has 0 spiro atoms. The molecular weight excluding hydrogens is 272 g/mol. The van der Waals surface area contributed by atoms with E-state index in [-0.39, 0.29) is 5.60 Å². The molecule has 3 unspecified atom stereocenters. The Morgan fingerprint density at radius 1 is 1.00 bits per heavy atom. The number of hydrogen-bond donors (Lipinski definition) is 0. The van der Waals surface area contributed by atoms with E-state index in [0.29, 0.717) is 5.92 Å². The van der Waals surface area contributed by atoms with Crippen LogP contribution in [0, 0.1) is 5.92 Å². The van der Waals surface area contributed by atoms with Crippen molar-refractivity contribution >= 4 is 13.5 Å². The maximum Gasteiger partial charge on any atom is 0.222 e. The van der Waals surface area contributed by atoms with E-state index < -0.39 is 8.32 Å². The van der Waals surface area contributed by atoms with Crippen LogP contribution in [0.1, 0.15) is 25.8 Å². The van der Waals surface area contributed by atoms with Gasteiger partial charge < -0.3 is 4.43 Å². The van der Waals surface area contributed by atoms with Gasteiger partial charge in [-0.05, 0) is 42.6 Å². The van der Waals surface area contributed by atoms with E-state index in [2.05, 4.69) is 81.1 Å². The highest BCUT2D eigenvalue weighted by Crippen LogP contribution is 2.44. The molecule has 0 radical (unpaired) electrons. The van der Waals surface area contributed by atoms with E-state index in [9.17, 15) is 0 Å². The Morgan fingerprint density at radius 2 is 1.57 bits per heavy atom. The molecule has 3 rings (SSSR count). The van der Waals surface area contributed by atoms with Gasteiger partial charge in [-0.2, -0.15) is 0 Å². The molecule has 1 fully saturated rings. The molecule has 2 aromatic carbocycles. The van der Waals surface area contributed by atoms with Crippen molar-refractivity contribution in [1.82, 2.24) is 0 Å². The number of hydrogen-bond acceptors (Lipinski definition) is 1. The van der Waals surface area contributed by atoms with Crippen LogP contribution < -0.4 is 5.19 Å². The largest absolute Gasteiger partial charge is 0.403 e. The van der Waals surface area contributed by atoms with Gasteiger partial charge in [0.2, 0.25) is 8.32 Å². The van der Waals surface area contributed by atoms with Crippen molar-refractivity contribution in [1.29, 1.82) is 0 Å². The second kappa shape index (κ2) is 5.43. The van der Waals surface area contributed by atoms with Gasteiger partial charge in [-0.15, -0.1) is 0 Å². The molecule has 1 nitrogen and oxygen atoms in total. The first-order chi connectivity index (χ1) is 10.0. The van der Waals surface area contributed by atoms with Gasteiger partial charge in [-0.3, -0.25) is 0 Å². The van der Waals surface area contributed by atoms with E-state index in [1.54, 1.807) is 0 Å². The minimum Gasteiger partial charge on any atom is -0.403 e. The van der Waals surface area contributed by atoms with Crippen LogP contribution in [-0.2, 0) is 10.0 Å². The molecule has 1 aliphatic heterocycles. The summed E-state index contributed by atoms with van der Waals surface area (Å²) in [6.45, 7) is 6.97. The summed E-state index contributed by atoms with van der Waals surface area (Å²) in [6.07, 6.45) is 1.24. The smallest absolute Gasteiger partial charge is 0.222 e. The first-order valence-electron chi connectivity index (χ1n) is 7.86. The summed E-state index contributed by atoms with van der Waals surface area (Å²) in [5.74, 6) is 0.546. The zero-order valence-electron chi connectivity index (χ0n) is 13.2. The van der Waals surface area contributed by atoms with Crippen LogP contribution >= 0.6 is 0 Å². The van der Waals surface area contributed by atoms with Crippen molar-refractivity contribution in [3.63, 3.8) is 0 Å². The highest BCUT2D eigenvalue weighted by Gasteiger charge is 2.47. The third-order valence-corrected chi connectivity index (χ3v) is 8.84. The van der Waals surface area contributed by atoms with Gasteiger partial charge in [0.1, 0.15) is 0 Å². The second-order valence-electron chi connectivity index (χ2n) is 6.61. The van der Waals surface area contributed by atoms with Gasteiger partial charge >= 0.3 is 0 Å². The zero-order chi connectivity index (χ0) is 14.9. The van der Waals surface area contributed by atoms with E-state index >= 15 is 0 Å². The highest BCUT2D eigenvalue weighted by molar-refractivity contribution is 6.85. The Hall–Kier alpha value is -1.38. The van der Waals surface area contributed by atoms with Crippen molar-refractivity contribution < 1.29 is 4.43 Å². The summed E-state index contributed by atoms with van der Waals surface area (Å²) in [4.78, 5) is 0. The summed E-state index contributed by atoms with van der Waals surface area (Å²) in [6, 6.07) is 22.8. The van der Waals surface area contributed by atoms with Gasteiger partial charge in [0.15, 0.2) is 0 Å². The SMILES string of the molecule is CC1CC[Si](C)(c2ccccc2)OC1(C)c1ccccc1. The van der Waals surface area contributed by atoms with E-state index in [4.69, 9.17) is 4.43 Å². The van der Waals surface area contributed by atoms with Crippen molar-refractivity contribution in [3.05, 3.63) is 66.2 Å². The third-order valence-electron chi connectivity index (χ3n) is 5.16. The summed E-state index contributed by atoms with van der Waals surface area (Å²) in [7, 11) is -1.87. The number of rotatable bonds is 2. The van der Waals surface area contributed by atoms with Gasteiger partial charge in [0.25, 0.3) is 0 Å². The molecule has 0 aliphatic carbocycles. The zero-order valence-corrected chi connectivity index (χ0v) is 14.2. The molecule has 0 amide bonds. The Morgan fingerprint density at radius 3 is 2.19 bits per heavy atom. The first kappa shape index (κ1) is 14.5. The maximum atomic E-state index is 6.88. The Kier molecular flexibility index (Phi) is 3.76. The molecule has 0 aromatic heterocycles. The number of benzene rings is 2. The normalized spacial score (nSPS) is 32.8. The quantitative estimate of drug-likeness (QED) is 0.744. The summed E-state index contributed by atoms with van der Waals surface area (Å²) in [5, 5.41) is 1.42. The first-order valence-corrected chi connectivity index (χ1v) is 10.5. The fraction of sp³-hybridized carbons (Fsp3) is 0.368. The van der Waals surface area contributed by atoms with E-state index in [1.807, 2.05) is 0 Å². The average Bonchev–Trinajstić information content (AvgIpc) is 2.53. The highest BCUT2D eigenvalue weighted by atomic mass is 28.4. The standard InChI is InChI=1S/C19H24OSi/c1-16-14-15-21(3,18-12-8-5-9-13-18)20-19(16,2)17-10-6-4-7-11-17/h4-13,16H,14-15H2,1-3H3. The predicted octanol–water partition coefficient (Wildman–Crippen LogP) is 4.44. The van der Waals surface area contributed by atoms with Crippen LogP contribution in [-0.4, -0.2) is 8.32 Å². The van der Waals surface area contributed by atoms with Crippen molar-refractivity contribution in [2.24, 2.45) is 5.92 Å². The van der Waals surface area contributed by atoms with E-state index in [0.717, 1.165) is 0 Å². The minimum atomic E-state index is -1.87. The van der Waals surface area contributed by atoms with Gasteiger partial charge in [0, 0.05) is 0 Å². The lowest BCUT2D eigenvalue weighted by molar-refractivity contribution is 0.00274. The van der Waals surface area contributed by atoms with Crippen molar-refractivity contribution in [2.45, 2.75) is 38.5 Å². The Bertz CT molecular complexity index is 597. The fourth-order valence-electron chi connectivity index (χ4n) is 3.49. The molecular formula is C19H24OSi. The fourth-order valence-corrected chi connectivity index (χ4v) is 7.14. The van der Waals surface area contributed by atoms with Crippen molar-refractivity contribution in [2.75, 3.05) is 0 Å². The van der Waals surface area contributed by atoms with Crippen LogP contribution in [0.2, 0.25) is 12.6 Å². The van der Waals surface area contributed by atoms with Crippen LogP contribution in [0.4, 0.5) is 0 Å². The molecule has 1 aliphatic rings. The monoisotopic (exact) mass is 296 g/mol. The lowest BCUT2D eigenvalue weighted by Crippen LogP contribution is -2.57. The molecule has 1 heterocycles. The Labute approximate surface area is 129 Å². The molecule has 0 bridgehead atoms. The summed E-state index contributed by atoms with van der Waals surface area (Å²) in [5.41, 5.74) is 1.14. The van der Waals surface area contributed by atoms with Crippen LogP contribution in [0.5, 0.6) is 0 Å². The second-order valence-corrected chi connectivity index (χ2v) is 10.4. The molecule has 21 heavy (non-hydrogen) atoms. The van der Waals surface area contributed by atoms with Crippen LogP contribution in [0.3, 0.4) is 0 Å². The van der Waals surface area contributed by atoms with Crippen molar-refractivity contribution in [3.8, 4) is 0 Å². The molecule has 110 valence electrons. The van der Waals surface area contributed by atoms with Crippen LogP contribution in [0.25, 0.3) is 0 Å². The summed E-state index contributed by atoms with van der Waals surface area (Å²) >= 11 is 0. The lowest BCUT2D eigenvalue weighted by Gasteiger charge is -2.48. The molecule has 2 aromatic rings. The van der Waals surface area contributed by atoms with Gasteiger partial charge in [-0.1, -0.05) is 67.6 Å². The molecule has 3 atom stereocenters. The average molecular weight is 296 g/mol. The molecule has 0 N–H and O–H groups in total. The molecule has 2 heteroatoms. The molecule has 1 saturated heterocycles. The predicted molar refractivity (Wildman–Crippen MR) is 91.2 cm³/mol. The maximum absolute atomic E-state index is 6.88. The van der Waals surface area contributed by atoms with E-state index in [1.165, 1.54) is 23.2 Å². The van der Waals surface area contributed by atoms with Gasteiger partial charge in [-0.25, -0.2) is 0 Å². The molecule has 0 saturated carbocycles. The lowest BCUT2D eigenvalue weighted by atomic mass is 9.82. The Balaban J connectivity index is 1.99. The van der Waals surface area contributed by atoms with Crippen LogP contribution in [0.15, 0.2) is 60.7 Å². The van der Waals surface area contributed by atoms with Gasteiger partial charge in [0.05, 0.1) is 5.60 Å². The third kappa shape index (κ3) is 2.58. The topological polar surface area (TPSA) is 9.23 Å². The minimum absolute atomic E-state index is 0.170.